The second-order valence-electron chi connectivity index (χ2n) is 15.5. The molecule has 0 bridgehead atoms. The van der Waals surface area contributed by atoms with Crippen LogP contribution in [0.4, 0.5) is 0 Å². The molecule has 1 aliphatic heterocycles. The van der Waals surface area contributed by atoms with E-state index in [1.165, 1.54) is 50.5 Å². The number of carbonyl (C=O) groups is 1. The second kappa shape index (κ2) is 23.2. The highest BCUT2D eigenvalue weighted by atomic mass is 28.4. The van der Waals surface area contributed by atoms with E-state index in [9.17, 15) is 4.79 Å². The fourth-order valence-corrected chi connectivity index (χ4v) is 7.50. The number of hydrogen-bond acceptors (Lipinski definition) is 5. The van der Waals surface area contributed by atoms with Crippen LogP contribution in [0.5, 0.6) is 0 Å². The molecule has 0 radical (unpaired) electrons. The first kappa shape index (κ1) is 41.0. The Morgan fingerprint density at radius 1 is 0.870 bits per heavy atom. The standard InChI is InChI=1S/C40H72O5Si/c1-8-9-24-34(2)43-38(41)30-20-15-13-11-10-12-14-19-28-36(44-39-31-21-22-32-42-39)33-37(45-46(6,7)40(3,4)5)29-23-27-35-25-17-16-18-26-35/h16-18,25-26,34,36-37,39H,8-15,19-24,27-33H2,1-7H3/t34?,36-,37+,39+/m1/s1. The molecule has 0 spiro atoms. The summed E-state index contributed by atoms with van der Waals surface area (Å²) in [7, 11) is -1.91. The first-order valence-corrected chi connectivity index (χ1v) is 22.1. The van der Waals surface area contributed by atoms with Crippen molar-refractivity contribution in [3.8, 4) is 0 Å². The van der Waals surface area contributed by atoms with Gasteiger partial charge >= 0.3 is 5.97 Å². The number of aryl methyl sites for hydroxylation is 1. The molecule has 46 heavy (non-hydrogen) atoms. The molecular weight excluding hydrogens is 589 g/mol. The Morgan fingerprint density at radius 2 is 1.52 bits per heavy atom. The Balaban J connectivity index is 1.79. The summed E-state index contributed by atoms with van der Waals surface area (Å²) >= 11 is 0. The van der Waals surface area contributed by atoms with Gasteiger partial charge in [-0.15, -0.1) is 0 Å². The van der Waals surface area contributed by atoms with Crippen molar-refractivity contribution in [2.24, 2.45) is 0 Å². The van der Waals surface area contributed by atoms with Gasteiger partial charge in [0.2, 0.25) is 0 Å². The molecule has 0 aliphatic carbocycles. The van der Waals surface area contributed by atoms with Gasteiger partial charge in [-0.3, -0.25) is 4.79 Å². The molecule has 1 aromatic carbocycles. The number of rotatable bonds is 25. The van der Waals surface area contributed by atoms with Crippen molar-refractivity contribution < 1.29 is 23.4 Å². The van der Waals surface area contributed by atoms with Gasteiger partial charge < -0.3 is 18.6 Å². The normalized spacial score (nSPS) is 17.8. The second-order valence-corrected chi connectivity index (χ2v) is 20.2. The quantitative estimate of drug-likeness (QED) is 0.0593. The summed E-state index contributed by atoms with van der Waals surface area (Å²) in [5.41, 5.74) is 1.41. The largest absolute Gasteiger partial charge is 0.463 e. The summed E-state index contributed by atoms with van der Waals surface area (Å²) in [4.78, 5) is 12.0. The van der Waals surface area contributed by atoms with Crippen LogP contribution >= 0.6 is 0 Å². The lowest BCUT2D eigenvalue weighted by Gasteiger charge is -2.40. The van der Waals surface area contributed by atoms with Gasteiger partial charge in [0.05, 0.1) is 12.2 Å². The lowest BCUT2D eigenvalue weighted by atomic mass is 9.99. The van der Waals surface area contributed by atoms with Gasteiger partial charge in [0.15, 0.2) is 14.6 Å². The number of ether oxygens (including phenoxy) is 3. The summed E-state index contributed by atoms with van der Waals surface area (Å²) in [5, 5.41) is 0.184. The number of esters is 1. The van der Waals surface area contributed by atoms with E-state index in [2.05, 4.69) is 71.1 Å². The zero-order chi connectivity index (χ0) is 33.7. The van der Waals surface area contributed by atoms with Gasteiger partial charge in [-0.25, -0.2) is 0 Å². The molecule has 266 valence electrons. The van der Waals surface area contributed by atoms with Gasteiger partial charge in [0.25, 0.3) is 0 Å². The molecule has 5 nitrogen and oxygen atoms in total. The van der Waals surface area contributed by atoms with E-state index < -0.39 is 8.32 Å². The van der Waals surface area contributed by atoms with Crippen LogP contribution in [0.2, 0.25) is 18.1 Å². The van der Waals surface area contributed by atoms with Crippen LogP contribution in [0.15, 0.2) is 30.3 Å². The lowest BCUT2D eigenvalue weighted by Crippen LogP contribution is -2.45. The molecule has 6 heteroatoms. The monoisotopic (exact) mass is 661 g/mol. The van der Waals surface area contributed by atoms with Gasteiger partial charge in [-0.05, 0) is 94.8 Å². The molecule has 1 heterocycles. The topological polar surface area (TPSA) is 54.0 Å². The van der Waals surface area contributed by atoms with E-state index >= 15 is 0 Å². The van der Waals surface area contributed by atoms with Crippen LogP contribution in [0.3, 0.4) is 0 Å². The first-order valence-electron chi connectivity index (χ1n) is 19.2. The Morgan fingerprint density at radius 3 is 2.15 bits per heavy atom. The van der Waals surface area contributed by atoms with Crippen molar-refractivity contribution in [1.82, 2.24) is 0 Å². The number of unbranched alkanes of at least 4 members (excludes halogenated alkanes) is 8. The maximum Gasteiger partial charge on any atom is 0.306 e. The fraction of sp³-hybridized carbons (Fsp3) is 0.825. The number of hydrogen-bond donors (Lipinski definition) is 0. The zero-order valence-corrected chi connectivity index (χ0v) is 32.1. The van der Waals surface area contributed by atoms with Crippen LogP contribution in [-0.2, 0) is 29.9 Å². The molecule has 1 saturated heterocycles. The van der Waals surface area contributed by atoms with Crippen LogP contribution in [0, 0.1) is 0 Å². The van der Waals surface area contributed by atoms with Crippen molar-refractivity contribution >= 4 is 14.3 Å². The predicted molar refractivity (Wildman–Crippen MR) is 196 cm³/mol. The maximum absolute atomic E-state index is 12.0. The molecule has 2 rings (SSSR count). The highest BCUT2D eigenvalue weighted by Gasteiger charge is 2.39. The minimum absolute atomic E-state index is 0.0212. The molecule has 0 N–H and O–H groups in total. The minimum atomic E-state index is -1.91. The average molecular weight is 661 g/mol. The van der Waals surface area contributed by atoms with Crippen molar-refractivity contribution in [3.05, 3.63) is 35.9 Å². The smallest absolute Gasteiger partial charge is 0.306 e. The maximum atomic E-state index is 12.0. The van der Waals surface area contributed by atoms with Crippen LogP contribution in [0.25, 0.3) is 0 Å². The van der Waals surface area contributed by atoms with Gasteiger partial charge in [0.1, 0.15) is 0 Å². The Labute approximate surface area is 285 Å². The summed E-state index contributed by atoms with van der Waals surface area (Å²) in [6, 6.07) is 10.9. The third-order valence-electron chi connectivity index (χ3n) is 10.1. The zero-order valence-electron chi connectivity index (χ0n) is 31.1. The summed E-state index contributed by atoms with van der Waals surface area (Å²) in [5.74, 6) is -0.0212. The van der Waals surface area contributed by atoms with Crippen molar-refractivity contribution in [2.45, 2.75) is 206 Å². The molecule has 1 aliphatic rings. The molecule has 0 amide bonds. The molecular formula is C40H72O5Si. The lowest BCUT2D eigenvalue weighted by molar-refractivity contribution is -0.194. The van der Waals surface area contributed by atoms with Gasteiger partial charge in [-0.1, -0.05) is 116 Å². The molecule has 4 atom stereocenters. The van der Waals surface area contributed by atoms with E-state index in [4.69, 9.17) is 18.6 Å². The molecule has 0 saturated carbocycles. The van der Waals surface area contributed by atoms with E-state index in [-0.39, 0.29) is 35.6 Å². The molecule has 0 aromatic heterocycles. The Kier molecular flexibility index (Phi) is 20.7. The SMILES string of the molecule is CCCCC(C)OC(=O)CCCCCCCCCC[C@H](C[C@H](CCCc1ccccc1)O[Si](C)(C)C(C)(C)C)O[C@H]1CCCCO1. The van der Waals surface area contributed by atoms with Crippen molar-refractivity contribution in [1.29, 1.82) is 0 Å². The van der Waals surface area contributed by atoms with E-state index in [1.54, 1.807) is 0 Å². The van der Waals surface area contributed by atoms with Crippen molar-refractivity contribution in [2.75, 3.05) is 6.61 Å². The summed E-state index contributed by atoms with van der Waals surface area (Å²) < 4.78 is 25.4. The highest BCUT2D eigenvalue weighted by Crippen LogP contribution is 2.39. The molecule has 1 aromatic rings. The van der Waals surface area contributed by atoms with Crippen LogP contribution < -0.4 is 0 Å². The third-order valence-corrected chi connectivity index (χ3v) is 14.6. The number of carbonyl (C=O) groups excluding carboxylic acids is 1. The van der Waals surface area contributed by atoms with E-state index in [0.29, 0.717) is 6.42 Å². The van der Waals surface area contributed by atoms with Gasteiger partial charge in [-0.2, -0.15) is 0 Å². The summed E-state index contributed by atoms with van der Waals surface area (Å²) in [6.45, 7) is 16.8. The Hall–Kier alpha value is -1.21. The summed E-state index contributed by atoms with van der Waals surface area (Å²) in [6.07, 6.45) is 22.4. The Bertz CT molecular complexity index is 893. The highest BCUT2D eigenvalue weighted by molar-refractivity contribution is 6.74. The number of benzene rings is 1. The third kappa shape index (κ3) is 18.4. The first-order chi connectivity index (χ1) is 22.0. The van der Waals surface area contributed by atoms with E-state index in [0.717, 1.165) is 83.7 Å². The predicted octanol–water partition coefficient (Wildman–Crippen LogP) is 11.7. The van der Waals surface area contributed by atoms with Gasteiger partial charge in [0, 0.05) is 19.1 Å². The minimum Gasteiger partial charge on any atom is -0.463 e. The van der Waals surface area contributed by atoms with E-state index in [1.807, 2.05) is 6.92 Å². The molecule has 1 fully saturated rings. The average Bonchev–Trinajstić information content (AvgIpc) is 3.01. The van der Waals surface area contributed by atoms with Crippen LogP contribution in [0.1, 0.15) is 162 Å². The van der Waals surface area contributed by atoms with Crippen LogP contribution in [-0.4, -0.2) is 45.5 Å². The molecule has 1 unspecified atom stereocenters. The fourth-order valence-electron chi connectivity index (χ4n) is 6.10. The van der Waals surface area contributed by atoms with Crippen molar-refractivity contribution in [3.63, 3.8) is 0 Å².